The van der Waals surface area contributed by atoms with Crippen molar-refractivity contribution in [2.45, 2.75) is 32.7 Å². The van der Waals surface area contributed by atoms with Gasteiger partial charge in [-0.1, -0.05) is 24.9 Å². The van der Waals surface area contributed by atoms with Gasteiger partial charge >= 0.3 is 5.97 Å². The molecule has 0 aliphatic carbocycles. The van der Waals surface area contributed by atoms with E-state index >= 15 is 0 Å². The summed E-state index contributed by atoms with van der Waals surface area (Å²) in [6.07, 6.45) is 1.46. The van der Waals surface area contributed by atoms with Crippen LogP contribution in [0, 0.1) is 5.82 Å². The lowest BCUT2D eigenvalue weighted by atomic mass is 10.1. The van der Waals surface area contributed by atoms with Crippen molar-refractivity contribution in [3.8, 4) is 0 Å². The molecule has 5 heteroatoms. The van der Waals surface area contributed by atoms with Crippen LogP contribution in [0.4, 0.5) is 10.1 Å². The Hall–Kier alpha value is -1.29. The molecule has 1 aromatic rings. The Morgan fingerprint density at radius 3 is 2.78 bits per heavy atom. The lowest BCUT2D eigenvalue weighted by Gasteiger charge is -2.18. The molecule has 0 aliphatic rings. The monoisotopic (exact) mass is 273 g/mol. The molecule has 0 bridgehead atoms. The van der Waals surface area contributed by atoms with Crippen molar-refractivity contribution in [2.75, 3.05) is 11.9 Å². The van der Waals surface area contributed by atoms with E-state index in [-0.39, 0.29) is 11.0 Å². The summed E-state index contributed by atoms with van der Waals surface area (Å²) in [6, 6.07) is 3.55. The number of ether oxygens (including phenoxy) is 1. The van der Waals surface area contributed by atoms with E-state index in [9.17, 15) is 9.18 Å². The van der Waals surface area contributed by atoms with Gasteiger partial charge in [-0.3, -0.25) is 0 Å². The van der Waals surface area contributed by atoms with Crippen molar-refractivity contribution in [3.63, 3.8) is 0 Å². The number of anilines is 1. The maximum absolute atomic E-state index is 12.9. The molecular formula is C13H17ClFNO2. The first-order valence-electron chi connectivity index (χ1n) is 5.96. The smallest absolute Gasteiger partial charge is 0.328 e. The predicted octanol–water partition coefficient (Wildman–Crippen LogP) is 3.62. The van der Waals surface area contributed by atoms with E-state index in [0.717, 1.165) is 6.42 Å². The van der Waals surface area contributed by atoms with E-state index in [1.165, 1.54) is 18.2 Å². The maximum atomic E-state index is 12.9. The first kappa shape index (κ1) is 14.8. The Kier molecular flexibility index (Phi) is 5.92. The Morgan fingerprint density at radius 1 is 1.50 bits per heavy atom. The highest BCUT2D eigenvalue weighted by Gasteiger charge is 2.19. The normalized spacial score (nSPS) is 12.0. The Balaban J connectivity index is 2.79. The SMILES string of the molecule is CCCC(Nc1ccc(F)cc1Cl)C(=O)OCC. The molecular weight excluding hydrogens is 257 g/mol. The molecule has 0 saturated heterocycles. The van der Waals surface area contributed by atoms with Crippen molar-refractivity contribution < 1.29 is 13.9 Å². The fourth-order valence-electron chi connectivity index (χ4n) is 1.57. The van der Waals surface area contributed by atoms with Crippen molar-refractivity contribution in [1.29, 1.82) is 0 Å². The van der Waals surface area contributed by atoms with Gasteiger partial charge in [0, 0.05) is 0 Å². The lowest BCUT2D eigenvalue weighted by Crippen LogP contribution is -2.31. The molecule has 3 nitrogen and oxygen atoms in total. The van der Waals surface area contributed by atoms with Crippen LogP contribution in [-0.2, 0) is 9.53 Å². The third kappa shape index (κ3) is 4.18. The molecule has 0 amide bonds. The number of halogens is 2. The van der Waals surface area contributed by atoms with E-state index in [0.29, 0.717) is 18.7 Å². The number of carbonyl (C=O) groups is 1. The summed E-state index contributed by atoms with van der Waals surface area (Å²) in [4.78, 5) is 11.7. The summed E-state index contributed by atoms with van der Waals surface area (Å²) in [6.45, 7) is 4.06. The van der Waals surface area contributed by atoms with E-state index in [2.05, 4.69) is 5.32 Å². The Bertz CT molecular complexity index is 412. The summed E-state index contributed by atoms with van der Waals surface area (Å²) < 4.78 is 17.9. The van der Waals surface area contributed by atoms with Crippen LogP contribution in [-0.4, -0.2) is 18.6 Å². The van der Waals surface area contributed by atoms with E-state index in [1.54, 1.807) is 6.92 Å². The number of nitrogens with one attached hydrogen (secondary N) is 1. The summed E-state index contributed by atoms with van der Waals surface area (Å²) >= 11 is 5.90. The molecule has 1 rings (SSSR count). The largest absolute Gasteiger partial charge is 0.464 e. The third-order valence-corrected chi connectivity index (χ3v) is 2.72. The molecule has 0 fully saturated rings. The van der Waals surface area contributed by atoms with Gasteiger partial charge in [0.2, 0.25) is 0 Å². The second-order valence-electron chi connectivity index (χ2n) is 3.86. The molecule has 0 aliphatic heterocycles. The molecule has 1 atom stereocenters. The Labute approximate surface area is 111 Å². The number of benzene rings is 1. The van der Waals surface area contributed by atoms with Crippen molar-refractivity contribution >= 4 is 23.3 Å². The van der Waals surface area contributed by atoms with E-state index in [1.807, 2.05) is 6.92 Å². The molecule has 1 N–H and O–H groups in total. The van der Waals surface area contributed by atoms with Crippen LogP contribution < -0.4 is 5.32 Å². The van der Waals surface area contributed by atoms with Crippen LogP contribution in [0.15, 0.2) is 18.2 Å². The minimum absolute atomic E-state index is 0.250. The highest BCUT2D eigenvalue weighted by molar-refractivity contribution is 6.33. The van der Waals surface area contributed by atoms with Crippen LogP contribution in [0.2, 0.25) is 5.02 Å². The van der Waals surface area contributed by atoms with Crippen LogP contribution in [0.3, 0.4) is 0 Å². The zero-order valence-electron chi connectivity index (χ0n) is 10.5. The van der Waals surface area contributed by atoms with E-state index < -0.39 is 11.9 Å². The highest BCUT2D eigenvalue weighted by atomic mass is 35.5. The highest BCUT2D eigenvalue weighted by Crippen LogP contribution is 2.24. The van der Waals surface area contributed by atoms with Gasteiger partial charge in [-0.2, -0.15) is 0 Å². The number of hydrogen-bond donors (Lipinski definition) is 1. The first-order chi connectivity index (χ1) is 8.58. The second kappa shape index (κ2) is 7.21. The quantitative estimate of drug-likeness (QED) is 0.805. The van der Waals surface area contributed by atoms with Gasteiger partial charge in [0.1, 0.15) is 11.9 Å². The molecule has 0 radical (unpaired) electrons. The fraction of sp³-hybridized carbons (Fsp3) is 0.462. The number of rotatable bonds is 6. The molecule has 1 unspecified atom stereocenters. The summed E-state index contributed by atoms with van der Waals surface area (Å²) in [5.74, 6) is -0.728. The van der Waals surface area contributed by atoms with E-state index in [4.69, 9.17) is 16.3 Å². The molecule has 18 heavy (non-hydrogen) atoms. The number of carbonyl (C=O) groups excluding carboxylic acids is 1. The summed E-state index contributed by atoms with van der Waals surface area (Å²) in [7, 11) is 0. The van der Waals surface area contributed by atoms with Crippen LogP contribution >= 0.6 is 11.6 Å². The molecule has 1 aromatic carbocycles. The van der Waals surface area contributed by atoms with Crippen molar-refractivity contribution in [2.24, 2.45) is 0 Å². The molecule has 0 spiro atoms. The van der Waals surface area contributed by atoms with Crippen LogP contribution in [0.1, 0.15) is 26.7 Å². The van der Waals surface area contributed by atoms with Gasteiger partial charge in [0.25, 0.3) is 0 Å². The summed E-state index contributed by atoms with van der Waals surface area (Å²) in [5, 5.41) is 3.24. The standard InChI is InChI=1S/C13H17ClFNO2/c1-3-5-12(13(17)18-4-2)16-11-7-6-9(15)8-10(11)14/h6-8,12,16H,3-5H2,1-2H3. The van der Waals surface area contributed by atoms with Gasteiger partial charge in [0.15, 0.2) is 0 Å². The summed E-state index contributed by atoms with van der Waals surface area (Å²) in [5.41, 5.74) is 0.532. The molecule has 0 heterocycles. The molecule has 0 aromatic heterocycles. The zero-order chi connectivity index (χ0) is 13.5. The van der Waals surface area contributed by atoms with Gasteiger partial charge in [-0.05, 0) is 31.5 Å². The van der Waals surface area contributed by atoms with Crippen LogP contribution in [0.25, 0.3) is 0 Å². The van der Waals surface area contributed by atoms with Crippen molar-refractivity contribution in [3.05, 3.63) is 29.0 Å². The average Bonchev–Trinajstić information content (AvgIpc) is 2.32. The Morgan fingerprint density at radius 2 is 2.22 bits per heavy atom. The predicted molar refractivity (Wildman–Crippen MR) is 70.4 cm³/mol. The third-order valence-electron chi connectivity index (χ3n) is 2.41. The number of esters is 1. The van der Waals surface area contributed by atoms with Gasteiger partial charge in [0.05, 0.1) is 17.3 Å². The van der Waals surface area contributed by atoms with Crippen molar-refractivity contribution in [1.82, 2.24) is 0 Å². The minimum Gasteiger partial charge on any atom is -0.464 e. The second-order valence-corrected chi connectivity index (χ2v) is 4.27. The minimum atomic E-state index is -0.460. The lowest BCUT2D eigenvalue weighted by molar-refractivity contribution is -0.144. The van der Waals surface area contributed by atoms with Crippen LogP contribution in [0.5, 0.6) is 0 Å². The first-order valence-corrected chi connectivity index (χ1v) is 6.34. The molecule has 100 valence electrons. The molecule has 0 saturated carbocycles. The van der Waals surface area contributed by atoms with Gasteiger partial charge in [-0.25, -0.2) is 9.18 Å². The van der Waals surface area contributed by atoms with Gasteiger partial charge in [-0.15, -0.1) is 0 Å². The average molecular weight is 274 g/mol. The maximum Gasteiger partial charge on any atom is 0.328 e. The zero-order valence-corrected chi connectivity index (χ0v) is 11.3. The van der Waals surface area contributed by atoms with Gasteiger partial charge < -0.3 is 10.1 Å². The topological polar surface area (TPSA) is 38.3 Å². The number of hydrogen-bond acceptors (Lipinski definition) is 3. The fourth-order valence-corrected chi connectivity index (χ4v) is 1.80.